The molecule has 6 heterocycles. The summed E-state index contributed by atoms with van der Waals surface area (Å²) < 4.78 is 66.3. The molecule has 2 N–H and O–H groups in total. The van der Waals surface area contributed by atoms with Crippen molar-refractivity contribution in [2.45, 2.75) is 51.1 Å². The molecule has 3 aliphatic heterocycles. The highest BCUT2D eigenvalue weighted by atomic mass is 32.2. The number of amides is 3. The zero-order valence-corrected chi connectivity index (χ0v) is 33.8. The lowest BCUT2D eigenvalue weighted by Crippen LogP contribution is -2.51. The van der Waals surface area contributed by atoms with Gasteiger partial charge in [-0.2, -0.15) is 0 Å². The smallest absolute Gasteiger partial charge is 0.266 e. The number of benzene rings is 2. The minimum Gasteiger partial charge on any atom is -0.491 e. The number of imide groups is 1. The average molecular weight is 840 g/mol. The zero-order valence-electron chi connectivity index (χ0n) is 33.0. The van der Waals surface area contributed by atoms with Crippen LogP contribution < -0.4 is 19.7 Å². The van der Waals surface area contributed by atoms with E-state index in [1.165, 1.54) is 10.9 Å². The van der Waals surface area contributed by atoms with Crippen LogP contribution in [-0.4, -0.2) is 107 Å². The summed E-state index contributed by atoms with van der Waals surface area (Å²) in [5, 5.41) is 2.65. The Bertz CT molecular complexity index is 2630. The first-order valence-corrected chi connectivity index (χ1v) is 21.3. The minimum absolute atomic E-state index is 0.113. The fourth-order valence-corrected chi connectivity index (χ4v) is 9.27. The molecule has 8 rings (SSSR count). The van der Waals surface area contributed by atoms with Gasteiger partial charge in [0.05, 0.1) is 33.6 Å². The van der Waals surface area contributed by atoms with Crippen molar-refractivity contribution in [1.29, 1.82) is 0 Å². The Hall–Kier alpha value is -6.27. The summed E-state index contributed by atoms with van der Waals surface area (Å²) in [6.07, 6.45) is 8.79. The first kappa shape index (κ1) is 40.5. The number of fused-ring (bicyclic) bond motifs is 2. The molecule has 1 unspecified atom stereocenters. The van der Waals surface area contributed by atoms with Gasteiger partial charge in [0, 0.05) is 68.1 Å². The number of pyridine rings is 1. The lowest BCUT2D eigenvalue weighted by atomic mass is 10.0. The van der Waals surface area contributed by atoms with E-state index in [1.807, 2.05) is 7.05 Å². The number of carbonyl (C=O) groups is 3. The van der Waals surface area contributed by atoms with Gasteiger partial charge in [-0.1, -0.05) is 19.6 Å². The van der Waals surface area contributed by atoms with Gasteiger partial charge in [0.25, 0.3) is 11.8 Å². The quantitative estimate of drug-likeness (QED) is 0.148. The van der Waals surface area contributed by atoms with E-state index < -0.39 is 51.1 Å². The van der Waals surface area contributed by atoms with Crippen LogP contribution in [0.1, 0.15) is 59.7 Å². The second-order valence-corrected chi connectivity index (χ2v) is 16.9. The molecule has 312 valence electrons. The molecule has 60 heavy (non-hydrogen) atoms. The third kappa shape index (κ3) is 7.67. The van der Waals surface area contributed by atoms with E-state index in [-0.39, 0.29) is 35.2 Å². The van der Waals surface area contributed by atoms with Crippen LogP contribution in [0.3, 0.4) is 0 Å². The van der Waals surface area contributed by atoms with E-state index in [9.17, 15) is 22.8 Å². The predicted molar refractivity (Wildman–Crippen MR) is 220 cm³/mol. The Labute approximate surface area is 345 Å². The lowest BCUT2D eigenvalue weighted by molar-refractivity contribution is -0.125. The van der Waals surface area contributed by atoms with Crippen molar-refractivity contribution in [1.82, 2.24) is 34.6 Å². The molecule has 2 fully saturated rings. The number of allylic oxidation sites excluding steroid dienone is 1. The molecule has 0 radical (unpaired) electrons. The second-order valence-electron chi connectivity index (χ2n) is 15.1. The van der Waals surface area contributed by atoms with Crippen molar-refractivity contribution in [3.63, 3.8) is 0 Å². The summed E-state index contributed by atoms with van der Waals surface area (Å²) in [6.45, 7) is 7.82. The van der Waals surface area contributed by atoms with Crippen molar-refractivity contribution in [2.24, 2.45) is 0 Å². The van der Waals surface area contributed by atoms with E-state index in [2.05, 4.69) is 36.4 Å². The number of aromatic nitrogens is 4. The standard InChI is InChI=1S/C42H43F2N9O6S/c1-4-20-60(57,58)49-31-10-9-30(43)39(37(31)44)52-23-29(26-21-45-24-46-22-26)38-32(52)12-13-35(48-38)50(3)27-14-16-51(17-15-27)18-19-59-34-7-5-6-28-36(34)42(56)53(41(28)55)33-11-8-25(2)47-40(33)54/h5-7,9-10,12-13,21-24,27,33,49H,2,4,8,11,14-20H2,1,3H3,(H,47,54). The number of anilines is 2. The molecule has 18 heteroatoms. The number of hydrogen-bond donors (Lipinski definition) is 2. The molecule has 5 aromatic rings. The summed E-state index contributed by atoms with van der Waals surface area (Å²) >= 11 is 0. The van der Waals surface area contributed by atoms with Gasteiger partial charge in [-0.25, -0.2) is 32.2 Å². The summed E-state index contributed by atoms with van der Waals surface area (Å²) in [7, 11) is -1.90. The number of nitrogens with zero attached hydrogens (tertiary/aromatic N) is 7. The first-order valence-electron chi connectivity index (χ1n) is 19.7. The topological polar surface area (TPSA) is 172 Å². The number of ether oxygens (including phenoxy) is 1. The van der Waals surface area contributed by atoms with Crippen LogP contribution in [0, 0.1) is 11.6 Å². The monoisotopic (exact) mass is 839 g/mol. The zero-order chi connectivity index (χ0) is 42.3. The fraction of sp³-hybridized carbons (Fsp3) is 0.333. The van der Waals surface area contributed by atoms with Crippen LogP contribution in [0.15, 0.2) is 79.7 Å². The number of likely N-dealkylation sites (tertiary alicyclic amines) is 1. The highest BCUT2D eigenvalue weighted by molar-refractivity contribution is 7.92. The maximum absolute atomic E-state index is 16.1. The number of carbonyl (C=O) groups excluding carboxylic acids is 3. The Morgan fingerprint density at radius 1 is 1.00 bits per heavy atom. The Morgan fingerprint density at radius 2 is 1.77 bits per heavy atom. The molecule has 2 saturated heterocycles. The second kappa shape index (κ2) is 16.4. The highest BCUT2D eigenvalue weighted by Gasteiger charge is 2.45. The SMILES string of the molecule is C=C1CCC(N2C(=O)c3cccc(OCCN4CCC(N(C)c5ccc6c(n5)c(-c5cncnc5)cn6-c5c(F)ccc(NS(=O)(=O)CCC)c5F)CC4)c3C2=O)C(=O)N1. The van der Waals surface area contributed by atoms with Crippen molar-refractivity contribution in [2.75, 3.05) is 48.7 Å². The molecule has 2 aromatic carbocycles. The maximum atomic E-state index is 16.1. The van der Waals surface area contributed by atoms with E-state index >= 15 is 8.78 Å². The van der Waals surface area contributed by atoms with Gasteiger partial charge >= 0.3 is 0 Å². The van der Waals surface area contributed by atoms with Gasteiger partial charge in [-0.05, 0) is 68.5 Å². The number of piperidine rings is 2. The summed E-state index contributed by atoms with van der Waals surface area (Å²) in [6, 6.07) is 9.72. The Morgan fingerprint density at radius 3 is 2.50 bits per heavy atom. The largest absolute Gasteiger partial charge is 0.491 e. The third-order valence-electron chi connectivity index (χ3n) is 11.2. The van der Waals surface area contributed by atoms with Crippen LogP contribution >= 0.6 is 0 Å². The number of nitrogens with one attached hydrogen (secondary N) is 2. The van der Waals surface area contributed by atoms with E-state index in [4.69, 9.17) is 9.72 Å². The van der Waals surface area contributed by atoms with Gasteiger partial charge in [-0.15, -0.1) is 0 Å². The summed E-state index contributed by atoms with van der Waals surface area (Å²) in [4.78, 5) is 58.1. The van der Waals surface area contributed by atoms with E-state index in [1.54, 1.807) is 55.8 Å². The van der Waals surface area contributed by atoms with Crippen LogP contribution in [0.2, 0.25) is 0 Å². The molecule has 3 aliphatic rings. The molecule has 0 saturated carbocycles. The predicted octanol–water partition coefficient (Wildman–Crippen LogP) is 5.28. The van der Waals surface area contributed by atoms with Crippen LogP contribution in [0.25, 0.3) is 27.8 Å². The van der Waals surface area contributed by atoms with Crippen LogP contribution in [0.4, 0.5) is 20.3 Å². The number of halogens is 2. The fourth-order valence-electron chi connectivity index (χ4n) is 8.14. The Balaban J connectivity index is 0.956. The van der Waals surface area contributed by atoms with Gasteiger partial charge in [0.15, 0.2) is 5.82 Å². The molecule has 0 spiro atoms. The number of hydrogen-bond acceptors (Lipinski definition) is 11. The van der Waals surface area contributed by atoms with Crippen LogP contribution in [-0.2, 0) is 14.8 Å². The van der Waals surface area contributed by atoms with Gasteiger partial charge in [-0.3, -0.25) is 28.9 Å². The van der Waals surface area contributed by atoms with Crippen molar-refractivity contribution < 1.29 is 36.3 Å². The lowest BCUT2D eigenvalue weighted by Gasteiger charge is -2.37. The van der Waals surface area contributed by atoms with Gasteiger partial charge in [0.1, 0.15) is 42.0 Å². The molecule has 3 amide bonds. The highest BCUT2D eigenvalue weighted by Crippen LogP contribution is 2.37. The van der Waals surface area contributed by atoms with E-state index in [0.29, 0.717) is 65.2 Å². The third-order valence-corrected chi connectivity index (χ3v) is 12.7. The molecule has 0 bridgehead atoms. The molecule has 0 aliphatic carbocycles. The Kier molecular flexibility index (Phi) is 11.1. The summed E-state index contributed by atoms with van der Waals surface area (Å²) in [5.74, 6) is -2.73. The molecule has 1 atom stereocenters. The normalized spacial score (nSPS) is 17.6. The van der Waals surface area contributed by atoms with E-state index in [0.717, 1.165) is 43.0 Å². The molecular weight excluding hydrogens is 797 g/mol. The van der Waals surface area contributed by atoms with Gasteiger partial charge in [0.2, 0.25) is 15.9 Å². The van der Waals surface area contributed by atoms with Crippen molar-refractivity contribution in [3.8, 4) is 22.6 Å². The van der Waals surface area contributed by atoms with Crippen molar-refractivity contribution >= 4 is 50.3 Å². The molecule has 15 nitrogen and oxygen atoms in total. The first-order chi connectivity index (χ1) is 28.8. The molecular formula is C42H43F2N9O6S. The van der Waals surface area contributed by atoms with Crippen molar-refractivity contribution in [3.05, 3.63) is 102 Å². The summed E-state index contributed by atoms with van der Waals surface area (Å²) in [5.41, 5.74) is 2.05. The van der Waals surface area contributed by atoms with Gasteiger partial charge < -0.3 is 19.5 Å². The number of sulfonamides is 1. The molecule has 3 aromatic heterocycles. The number of rotatable bonds is 13. The average Bonchev–Trinajstić information content (AvgIpc) is 3.73. The minimum atomic E-state index is -3.86. The maximum Gasteiger partial charge on any atom is 0.266 e. The van der Waals surface area contributed by atoms with Crippen LogP contribution in [0.5, 0.6) is 5.75 Å².